The van der Waals surface area contributed by atoms with Crippen molar-refractivity contribution in [2.75, 3.05) is 0 Å². The van der Waals surface area contributed by atoms with Crippen LogP contribution in [0.5, 0.6) is 0 Å². The SMILES string of the molecule is Cn1nc(Br)cc1[B-](F)(F)F. The first-order valence-electron chi connectivity index (χ1n) is 2.80. The van der Waals surface area contributed by atoms with E-state index >= 15 is 0 Å². The monoisotopic (exact) mass is 227 g/mol. The van der Waals surface area contributed by atoms with Crippen molar-refractivity contribution in [2.45, 2.75) is 0 Å². The van der Waals surface area contributed by atoms with Crippen molar-refractivity contribution in [1.82, 2.24) is 9.78 Å². The van der Waals surface area contributed by atoms with Crippen LogP contribution in [0.1, 0.15) is 0 Å². The molecule has 11 heavy (non-hydrogen) atoms. The van der Waals surface area contributed by atoms with Gasteiger partial charge in [-0.2, -0.15) is 5.10 Å². The Morgan fingerprint density at radius 2 is 2.09 bits per heavy atom. The molecule has 62 valence electrons. The molecule has 0 amide bonds. The van der Waals surface area contributed by atoms with Crippen molar-refractivity contribution in [3.63, 3.8) is 0 Å². The molecule has 0 spiro atoms. The summed E-state index contributed by atoms with van der Waals surface area (Å²) in [5.74, 6) is 0. The maximum atomic E-state index is 12.0. The lowest BCUT2D eigenvalue weighted by molar-refractivity contribution is 0.493. The minimum Gasteiger partial charge on any atom is -0.444 e. The highest BCUT2D eigenvalue weighted by Crippen LogP contribution is 2.11. The van der Waals surface area contributed by atoms with Gasteiger partial charge in [0.15, 0.2) is 0 Å². The summed E-state index contributed by atoms with van der Waals surface area (Å²) in [7, 11) is 1.26. The van der Waals surface area contributed by atoms with Crippen LogP contribution in [0.2, 0.25) is 0 Å². The molecule has 0 saturated heterocycles. The van der Waals surface area contributed by atoms with Crippen LogP contribution in [-0.2, 0) is 7.05 Å². The zero-order valence-electron chi connectivity index (χ0n) is 5.56. The van der Waals surface area contributed by atoms with Gasteiger partial charge in [0.2, 0.25) is 0 Å². The van der Waals surface area contributed by atoms with Crippen molar-refractivity contribution in [3.8, 4) is 0 Å². The van der Waals surface area contributed by atoms with Crippen LogP contribution in [0.4, 0.5) is 12.9 Å². The molecule has 7 heteroatoms. The topological polar surface area (TPSA) is 17.8 Å². The number of nitrogens with zero attached hydrogens (tertiary/aromatic N) is 2. The molecule has 1 rings (SSSR count). The molecule has 0 bridgehead atoms. The lowest BCUT2D eigenvalue weighted by Gasteiger charge is -2.13. The average molecular weight is 228 g/mol. The van der Waals surface area contributed by atoms with Crippen LogP contribution in [-0.4, -0.2) is 16.8 Å². The molecule has 0 saturated carbocycles. The van der Waals surface area contributed by atoms with Crippen LogP contribution < -0.4 is 5.59 Å². The van der Waals surface area contributed by atoms with Gasteiger partial charge in [0.25, 0.3) is 0 Å². The Morgan fingerprint density at radius 1 is 1.55 bits per heavy atom. The number of hydrogen-bond donors (Lipinski definition) is 0. The van der Waals surface area contributed by atoms with Gasteiger partial charge in [-0.3, -0.25) is 0 Å². The Kier molecular flexibility index (Phi) is 2.00. The van der Waals surface area contributed by atoms with Gasteiger partial charge in [-0.15, -0.1) is 0 Å². The van der Waals surface area contributed by atoms with E-state index in [-0.39, 0.29) is 4.60 Å². The summed E-state index contributed by atoms with van der Waals surface area (Å²) in [4.78, 5) is 0. The van der Waals surface area contributed by atoms with Gasteiger partial charge in [-0.25, -0.2) is 0 Å². The van der Waals surface area contributed by atoms with Crippen LogP contribution >= 0.6 is 15.9 Å². The zero-order chi connectivity index (χ0) is 8.65. The molecule has 0 atom stereocenters. The second kappa shape index (κ2) is 2.55. The molecule has 0 aliphatic carbocycles. The van der Waals surface area contributed by atoms with Crippen molar-refractivity contribution < 1.29 is 12.9 Å². The second-order valence-corrected chi connectivity index (χ2v) is 2.90. The van der Waals surface area contributed by atoms with Gasteiger partial charge in [0.05, 0.1) is 0 Å². The third-order valence-electron chi connectivity index (χ3n) is 1.22. The van der Waals surface area contributed by atoms with E-state index in [1.807, 2.05) is 0 Å². The zero-order valence-corrected chi connectivity index (χ0v) is 7.15. The van der Waals surface area contributed by atoms with Crippen LogP contribution in [0.3, 0.4) is 0 Å². The maximum absolute atomic E-state index is 12.0. The Labute approximate surface area is 69.6 Å². The summed E-state index contributed by atoms with van der Waals surface area (Å²) in [5.41, 5.74) is -0.697. The Morgan fingerprint density at radius 3 is 2.27 bits per heavy atom. The van der Waals surface area contributed by atoms with Crippen molar-refractivity contribution in [3.05, 3.63) is 10.7 Å². The summed E-state index contributed by atoms with van der Waals surface area (Å²) in [6.07, 6.45) is 0. The van der Waals surface area contributed by atoms with Gasteiger partial charge in [-0.1, -0.05) is 0 Å². The molecule has 0 unspecified atom stereocenters. The van der Waals surface area contributed by atoms with E-state index < -0.39 is 12.6 Å². The molecular formula is C4H4BBrF3N2-. The second-order valence-electron chi connectivity index (χ2n) is 2.09. The summed E-state index contributed by atoms with van der Waals surface area (Å²) in [5, 5.41) is 3.51. The molecule has 0 fully saturated rings. The van der Waals surface area contributed by atoms with Gasteiger partial charge in [0.1, 0.15) is 4.60 Å². The smallest absolute Gasteiger partial charge is 0.444 e. The molecule has 1 aromatic heterocycles. The first-order valence-corrected chi connectivity index (χ1v) is 3.60. The third kappa shape index (κ3) is 1.77. The van der Waals surface area contributed by atoms with E-state index in [0.717, 1.165) is 10.7 Å². The van der Waals surface area contributed by atoms with E-state index in [9.17, 15) is 12.9 Å². The largest absolute Gasteiger partial charge is 0.527 e. The highest BCUT2D eigenvalue weighted by molar-refractivity contribution is 9.10. The van der Waals surface area contributed by atoms with Gasteiger partial charge >= 0.3 is 6.98 Å². The molecule has 1 aromatic rings. The van der Waals surface area contributed by atoms with Crippen LogP contribution in [0, 0.1) is 0 Å². The molecule has 1 heterocycles. The van der Waals surface area contributed by atoms with Crippen molar-refractivity contribution >= 4 is 28.5 Å². The predicted octanol–water partition coefficient (Wildman–Crippen LogP) is 1.24. The molecule has 0 aromatic carbocycles. The summed E-state index contributed by atoms with van der Waals surface area (Å²) in [6.45, 7) is -4.94. The van der Waals surface area contributed by atoms with Gasteiger partial charge in [-0.05, 0) is 27.6 Å². The van der Waals surface area contributed by atoms with Crippen LogP contribution in [0.25, 0.3) is 0 Å². The van der Waals surface area contributed by atoms with Gasteiger partial charge < -0.3 is 17.6 Å². The third-order valence-corrected chi connectivity index (χ3v) is 1.61. The van der Waals surface area contributed by atoms with Crippen molar-refractivity contribution in [1.29, 1.82) is 0 Å². The number of aromatic nitrogens is 2. The summed E-state index contributed by atoms with van der Waals surface area (Å²) < 4.78 is 37.1. The highest BCUT2D eigenvalue weighted by atomic mass is 79.9. The minimum atomic E-state index is -4.94. The fourth-order valence-corrected chi connectivity index (χ4v) is 1.22. The fraction of sp³-hybridized carbons (Fsp3) is 0.250. The Bertz CT molecular complexity index is 269. The molecule has 0 aliphatic heterocycles. The molecular weight excluding hydrogens is 224 g/mol. The van der Waals surface area contributed by atoms with Crippen molar-refractivity contribution in [2.24, 2.45) is 7.05 Å². The number of rotatable bonds is 1. The first kappa shape index (κ1) is 8.64. The number of aryl methyl sites for hydroxylation is 1. The van der Waals surface area contributed by atoms with E-state index in [2.05, 4.69) is 21.0 Å². The molecule has 0 radical (unpaired) electrons. The fourth-order valence-electron chi connectivity index (χ4n) is 0.752. The summed E-state index contributed by atoms with van der Waals surface area (Å²) >= 11 is 2.85. The minimum absolute atomic E-state index is 0.203. The lowest BCUT2D eigenvalue weighted by atomic mass is 9.86. The summed E-state index contributed by atoms with van der Waals surface area (Å²) in [6, 6.07) is 0.958. The normalized spacial score (nSPS) is 12.1. The first-order chi connectivity index (χ1) is 4.91. The Balaban J connectivity index is 3.13. The van der Waals surface area contributed by atoms with E-state index in [0.29, 0.717) is 0 Å². The average Bonchev–Trinajstić information content (AvgIpc) is 2.08. The number of hydrogen-bond acceptors (Lipinski definition) is 1. The highest BCUT2D eigenvalue weighted by Gasteiger charge is 2.29. The van der Waals surface area contributed by atoms with E-state index in [1.165, 1.54) is 7.05 Å². The van der Waals surface area contributed by atoms with E-state index in [4.69, 9.17) is 0 Å². The Hall–Kier alpha value is -0.455. The lowest BCUT2D eigenvalue weighted by Crippen LogP contribution is -2.39. The molecule has 2 nitrogen and oxygen atoms in total. The quantitative estimate of drug-likeness (QED) is 0.661. The molecule has 0 N–H and O–H groups in total. The predicted molar refractivity (Wildman–Crippen MR) is 39.6 cm³/mol. The standard InChI is InChI=1S/C4H4BBrF3N2/c1-11-3(5(7,8)9)2-4(6)10-11/h2H,1H3/q-1. The number of halogens is 4. The van der Waals surface area contributed by atoms with E-state index in [1.54, 1.807) is 0 Å². The molecule has 0 aliphatic rings. The van der Waals surface area contributed by atoms with Crippen LogP contribution in [0.15, 0.2) is 10.7 Å². The van der Waals surface area contributed by atoms with Gasteiger partial charge in [0, 0.05) is 7.05 Å². The maximum Gasteiger partial charge on any atom is 0.527 e.